The van der Waals surface area contributed by atoms with E-state index in [2.05, 4.69) is 24.2 Å². The molecular weight excluding hydrogens is 188 g/mol. The van der Waals surface area contributed by atoms with Crippen LogP contribution in [0.3, 0.4) is 0 Å². The van der Waals surface area contributed by atoms with Crippen molar-refractivity contribution >= 4 is 0 Å². The van der Waals surface area contributed by atoms with Gasteiger partial charge in [-0.15, -0.1) is 0 Å². The maximum Gasteiger partial charge on any atom is 0.120 e. The molecule has 3 heteroatoms. The summed E-state index contributed by atoms with van der Waals surface area (Å²) in [5.74, 6) is 1.05. The highest BCUT2D eigenvalue weighted by Gasteiger charge is 2.20. The first kappa shape index (κ1) is 10.7. The van der Waals surface area contributed by atoms with Gasteiger partial charge in [-0.05, 0) is 45.5 Å². The quantitative estimate of drug-likeness (QED) is 0.820. The van der Waals surface area contributed by atoms with Gasteiger partial charge in [-0.1, -0.05) is 0 Å². The molecule has 0 amide bonds. The third kappa shape index (κ3) is 2.61. The smallest absolute Gasteiger partial charge is 0.120 e. The van der Waals surface area contributed by atoms with E-state index in [-0.39, 0.29) is 0 Å². The van der Waals surface area contributed by atoms with Crippen molar-refractivity contribution in [2.24, 2.45) is 0 Å². The molecule has 0 radical (unpaired) electrons. The summed E-state index contributed by atoms with van der Waals surface area (Å²) in [6.45, 7) is 4.46. The van der Waals surface area contributed by atoms with Gasteiger partial charge in [0.05, 0.1) is 12.3 Å². The van der Waals surface area contributed by atoms with Gasteiger partial charge >= 0.3 is 0 Å². The number of nitrogens with zero attached hydrogens (tertiary/aromatic N) is 1. The van der Waals surface area contributed by atoms with Crippen LogP contribution >= 0.6 is 0 Å². The fraction of sp³-hybridized carbons (Fsp3) is 0.667. The van der Waals surface area contributed by atoms with Crippen molar-refractivity contribution in [1.29, 1.82) is 0 Å². The predicted molar refractivity (Wildman–Crippen MR) is 60.8 cm³/mol. The zero-order valence-corrected chi connectivity index (χ0v) is 9.57. The number of furan rings is 1. The molecule has 3 nitrogen and oxygen atoms in total. The topological polar surface area (TPSA) is 28.4 Å². The van der Waals surface area contributed by atoms with Crippen LogP contribution in [-0.2, 0) is 0 Å². The largest absolute Gasteiger partial charge is 0.468 e. The van der Waals surface area contributed by atoms with Gasteiger partial charge in [0, 0.05) is 12.6 Å². The molecule has 1 aliphatic rings. The van der Waals surface area contributed by atoms with E-state index < -0.39 is 0 Å². The van der Waals surface area contributed by atoms with E-state index in [0.717, 1.165) is 12.3 Å². The summed E-state index contributed by atoms with van der Waals surface area (Å²) in [4.78, 5) is 2.35. The van der Waals surface area contributed by atoms with Gasteiger partial charge in [0.2, 0.25) is 0 Å². The van der Waals surface area contributed by atoms with E-state index in [1.807, 2.05) is 12.1 Å². The molecule has 2 atom stereocenters. The fourth-order valence-electron chi connectivity index (χ4n) is 2.16. The standard InChI is InChI=1S/C12H20N2O/c1-10(12-6-4-8-15-12)14(2)9-11-5-3-7-13-11/h4,6,8,10-11,13H,3,5,7,9H2,1-2H3/t10-,11-/m1/s1. The number of rotatable bonds is 4. The Balaban J connectivity index is 1.87. The van der Waals surface area contributed by atoms with Crippen LogP contribution in [0, 0.1) is 0 Å². The lowest BCUT2D eigenvalue weighted by Crippen LogP contribution is -2.36. The SMILES string of the molecule is C[C@H](c1ccco1)N(C)C[C@H]1CCCN1. The molecule has 2 rings (SSSR count). The minimum absolute atomic E-state index is 0.363. The van der Waals surface area contributed by atoms with Crippen molar-refractivity contribution in [3.8, 4) is 0 Å². The van der Waals surface area contributed by atoms with E-state index in [1.54, 1.807) is 6.26 Å². The van der Waals surface area contributed by atoms with Gasteiger partial charge in [-0.25, -0.2) is 0 Å². The first-order valence-electron chi connectivity index (χ1n) is 5.74. The van der Waals surface area contributed by atoms with Crippen LogP contribution in [-0.4, -0.2) is 31.1 Å². The zero-order valence-electron chi connectivity index (χ0n) is 9.57. The van der Waals surface area contributed by atoms with Crippen LogP contribution in [0.1, 0.15) is 31.6 Å². The van der Waals surface area contributed by atoms with Gasteiger partial charge in [0.15, 0.2) is 0 Å². The minimum Gasteiger partial charge on any atom is -0.468 e. The molecule has 1 saturated heterocycles. The molecule has 1 N–H and O–H groups in total. The van der Waals surface area contributed by atoms with E-state index >= 15 is 0 Å². The van der Waals surface area contributed by atoms with Crippen LogP contribution in [0.2, 0.25) is 0 Å². The third-order valence-electron chi connectivity index (χ3n) is 3.29. The summed E-state index contributed by atoms with van der Waals surface area (Å²) in [7, 11) is 2.16. The van der Waals surface area contributed by atoms with Crippen LogP contribution in [0.4, 0.5) is 0 Å². The van der Waals surface area contributed by atoms with Gasteiger partial charge < -0.3 is 9.73 Å². The summed E-state index contributed by atoms with van der Waals surface area (Å²) in [6.07, 6.45) is 4.36. The molecule has 1 fully saturated rings. The zero-order chi connectivity index (χ0) is 10.7. The van der Waals surface area contributed by atoms with Crippen molar-refractivity contribution < 1.29 is 4.42 Å². The summed E-state index contributed by atoms with van der Waals surface area (Å²) < 4.78 is 5.42. The Morgan fingerprint density at radius 2 is 2.53 bits per heavy atom. The number of hydrogen-bond acceptors (Lipinski definition) is 3. The fourth-order valence-corrected chi connectivity index (χ4v) is 2.16. The van der Waals surface area contributed by atoms with Gasteiger partial charge in [-0.3, -0.25) is 4.90 Å². The summed E-state index contributed by atoms with van der Waals surface area (Å²) in [5, 5.41) is 3.52. The van der Waals surface area contributed by atoms with Crippen molar-refractivity contribution in [3.05, 3.63) is 24.2 Å². The summed E-state index contributed by atoms with van der Waals surface area (Å²) in [5.41, 5.74) is 0. The highest BCUT2D eigenvalue weighted by Crippen LogP contribution is 2.20. The lowest BCUT2D eigenvalue weighted by Gasteiger charge is -2.26. The molecule has 1 aromatic rings. The van der Waals surface area contributed by atoms with Crippen molar-refractivity contribution in [2.75, 3.05) is 20.1 Å². The van der Waals surface area contributed by atoms with Crippen molar-refractivity contribution in [3.63, 3.8) is 0 Å². The minimum atomic E-state index is 0.363. The second-order valence-electron chi connectivity index (χ2n) is 4.42. The van der Waals surface area contributed by atoms with E-state index in [0.29, 0.717) is 12.1 Å². The maximum atomic E-state index is 5.42. The Labute approximate surface area is 91.4 Å². The molecule has 2 heterocycles. The van der Waals surface area contributed by atoms with Crippen molar-refractivity contribution in [2.45, 2.75) is 31.8 Å². The Morgan fingerprint density at radius 1 is 1.67 bits per heavy atom. The van der Waals surface area contributed by atoms with E-state index in [9.17, 15) is 0 Å². The van der Waals surface area contributed by atoms with Crippen LogP contribution < -0.4 is 5.32 Å². The Bertz CT molecular complexity index is 278. The highest BCUT2D eigenvalue weighted by atomic mass is 16.3. The van der Waals surface area contributed by atoms with Crippen LogP contribution in [0.15, 0.2) is 22.8 Å². The number of hydrogen-bond donors (Lipinski definition) is 1. The first-order valence-corrected chi connectivity index (χ1v) is 5.74. The molecule has 1 aliphatic heterocycles. The monoisotopic (exact) mass is 208 g/mol. The normalized spacial score (nSPS) is 23.5. The molecule has 0 saturated carbocycles. The van der Waals surface area contributed by atoms with Crippen LogP contribution in [0.25, 0.3) is 0 Å². The number of nitrogens with one attached hydrogen (secondary N) is 1. The van der Waals surface area contributed by atoms with E-state index in [1.165, 1.54) is 19.4 Å². The Kier molecular flexibility index (Phi) is 3.44. The molecule has 0 aromatic carbocycles. The number of likely N-dealkylation sites (N-methyl/N-ethyl adjacent to an activating group) is 1. The molecule has 15 heavy (non-hydrogen) atoms. The lowest BCUT2D eigenvalue weighted by atomic mass is 10.1. The predicted octanol–water partition coefficient (Wildman–Crippen LogP) is 2.02. The average Bonchev–Trinajstić information content (AvgIpc) is 2.88. The van der Waals surface area contributed by atoms with Gasteiger partial charge in [0.1, 0.15) is 5.76 Å². The highest BCUT2D eigenvalue weighted by molar-refractivity contribution is 5.03. The maximum absolute atomic E-state index is 5.42. The Morgan fingerprint density at radius 3 is 3.13 bits per heavy atom. The van der Waals surface area contributed by atoms with Gasteiger partial charge in [0.25, 0.3) is 0 Å². The second kappa shape index (κ2) is 4.81. The molecule has 1 aromatic heterocycles. The molecule has 0 unspecified atom stereocenters. The molecule has 0 bridgehead atoms. The third-order valence-corrected chi connectivity index (χ3v) is 3.29. The molecule has 84 valence electrons. The first-order chi connectivity index (χ1) is 7.27. The van der Waals surface area contributed by atoms with Crippen molar-refractivity contribution in [1.82, 2.24) is 10.2 Å². The second-order valence-corrected chi connectivity index (χ2v) is 4.42. The Hall–Kier alpha value is -0.800. The molecule has 0 aliphatic carbocycles. The summed E-state index contributed by atoms with van der Waals surface area (Å²) in [6, 6.07) is 5.02. The van der Waals surface area contributed by atoms with Gasteiger partial charge in [-0.2, -0.15) is 0 Å². The summed E-state index contributed by atoms with van der Waals surface area (Å²) >= 11 is 0. The average molecular weight is 208 g/mol. The van der Waals surface area contributed by atoms with Crippen LogP contribution in [0.5, 0.6) is 0 Å². The van der Waals surface area contributed by atoms with E-state index in [4.69, 9.17) is 4.42 Å². The molecular formula is C12H20N2O. The lowest BCUT2D eigenvalue weighted by molar-refractivity contribution is 0.213. The molecule has 0 spiro atoms.